The van der Waals surface area contributed by atoms with Crippen LogP contribution in [-0.4, -0.2) is 37.6 Å². The van der Waals surface area contributed by atoms with E-state index in [0.717, 1.165) is 19.3 Å². The van der Waals surface area contributed by atoms with Crippen LogP contribution in [-0.2, 0) is 9.47 Å². The molecule has 0 aromatic carbocycles. The van der Waals surface area contributed by atoms with Gasteiger partial charge in [0.05, 0.1) is 12.7 Å². The van der Waals surface area contributed by atoms with Gasteiger partial charge in [0.2, 0.25) is 0 Å². The number of nitrogens with one attached hydrogen (secondary N) is 1. The van der Waals surface area contributed by atoms with Crippen LogP contribution in [0.15, 0.2) is 0 Å². The molecular weight excluding hydrogens is 213 g/mol. The summed E-state index contributed by atoms with van der Waals surface area (Å²) in [6, 6.07) is 0. The Kier molecular flexibility index (Phi) is 5.52. The quantitative estimate of drug-likeness (QED) is 0.739. The van der Waals surface area contributed by atoms with Crippen LogP contribution in [0.2, 0.25) is 0 Å². The van der Waals surface area contributed by atoms with Gasteiger partial charge in [0.25, 0.3) is 0 Å². The molecule has 5 heteroatoms. The second-order valence-corrected chi connectivity index (χ2v) is 4.06. The van der Waals surface area contributed by atoms with E-state index in [-0.39, 0.29) is 6.61 Å². The fourth-order valence-electron chi connectivity index (χ4n) is 1.58. The Hall–Kier alpha value is -0.840. The van der Waals surface area contributed by atoms with Crippen LogP contribution in [0.1, 0.15) is 33.1 Å². The molecule has 0 aliphatic carbocycles. The maximum Gasteiger partial charge on any atom is 0.407 e. The normalized spacial score (nSPS) is 29.1. The molecule has 3 atom stereocenters. The number of rotatable bonds is 5. The van der Waals surface area contributed by atoms with Gasteiger partial charge in [0.15, 0.2) is 12.3 Å². The highest BCUT2D eigenvalue weighted by Gasteiger charge is 2.37. The molecule has 1 rings (SSSR count). The van der Waals surface area contributed by atoms with Gasteiger partial charge in [-0.05, 0) is 13.3 Å². The fraction of sp³-hybridized carbons (Fsp3) is 0.909. The molecule has 1 amide bonds. The summed E-state index contributed by atoms with van der Waals surface area (Å²) < 4.78 is 23.3. The van der Waals surface area contributed by atoms with E-state index in [1.165, 1.54) is 0 Å². The molecule has 94 valence electrons. The Morgan fingerprint density at radius 2 is 2.31 bits per heavy atom. The van der Waals surface area contributed by atoms with Crippen LogP contribution in [0.4, 0.5) is 9.18 Å². The molecule has 0 spiro atoms. The SMILES string of the molecule is CCCCCNC(=O)O[C@@H]1CO[C@H](C)[C@@H]1F. The first kappa shape index (κ1) is 13.2. The van der Waals surface area contributed by atoms with Gasteiger partial charge in [0, 0.05) is 6.54 Å². The van der Waals surface area contributed by atoms with Gasteiger partial charge in [-0.15, -0.1) is 0 Å². The molecule has 1 heterocycles. The summed E-state index contributed by atoms with van der Waals surface area (Å²) in [6.45, 7) is 4.44. The number of carbonyl (C=O) groups excluding carboxylic acids is 1. The van der Waals surface area contributed by atoms with Gasteiger partial charge in [-0.3, -0.25) is 0 Å². The van der Waals surface area contributed by atoms with E-state index in [9.17, 15) is 9.18 Å². The lowest BCUT2D eigenvalue weighted by molar-refractivity contribution is 0.0631. The molecule has 16 heavy (non-hydrogen) atoms. The van der Waals surface area contributed by atoms with Crippen molar-refractivity contribution < 1.29 is 18.7 Å². The summed E-state index contributed by atoms with van der Waals surface area (Å²) in [6.07, 6.45) is 0.0524. The number of alkyl halides is 1. The van der Waals surface area contributed by atoms with E-state index in [2.05, 4.69) is 12.2 Å². The summed E-state index contributed by atoms with van der Waals surface area (Å²) >= 11 is 0. The van der Waals surface area contributed by atoms with E-state index >= 15 is 0 Å². The predicted octanol–water partition coefficient (Wildman–Crippen LogP) is 2.03. The van der Waals surface area contributed by atoms with Crippen molar-refractivity contribution in [1.29, 1.82) is 0 Å². The van der Waals surface area contributed by atoms with Crippen molar-refractivity contribution in [3.8, 4) is 0 Å². The highest BCUT2D eigenvalue weighted by molar-refractivity contribution is 5.67. The number of carbonyl (C=O) groups is 1. The molecule has 1 aliphatic rings. The Morgan fingerprint density at radius 1 is 1.56 bits per heavy atom. The zero-order valence-corrected chi connectivity index (χ0v) is 9.87. The van der Waals surface area contributed by atoms with Gasteiger partial charge in [-0.2, -0.15) is 0 Å². The lowest BCUT2D eigenvalue weighted by Crippen LogP contribution is -2.34. The van der Waals surface area contributed by atoms with Crippen LogP contribution < -0.4 is 5.32 Å². The zero-order valence-electron chi connectivity index (χ0n) is 9.87. The van der Waals surface area contributed by atoms with Gasteiger partial charge < -0.3 is 14.8 Å². The average Bonchev–Trinajstić information content (AvgIpc) is 2.56. The maximum absolute atomic E-state index is 13.4. The minimum atomic E-state index is -1.22. The molecule has 0 saturated carbocycles. The van der Waals surface area contributed by atoms with Crippen molar-refractivity contribution in [3.63, 3.8) is 0 Å². The maximum atomic E-state index is 13.4. The molecule has 1 aliphatic heterocycles. The van der Waals surface area contributed by atoms with E-state index in [1.807, 2.05) is 0 Å². The van der Waals surface area contributed by atoms with Crippen LogP contribution in [0.25, 0.3) is 0 Å². The Balaban J connectivity index is 2.14. The van der Waals surface area contributed by atoms with E-state index in [1.54, 1.807) is 6.92 Å². The lowest BCUT2D eigenvalue weighted by Gasteiger charge is -2.14. The van der Waals surface area contributed by atoms with Crippen molar-refractivity contribution in [2.75, 3.05) is 13.2 Å². The minimum absolute atomic E-state index is 0.144. The van der Waals surface area contributed by atoms with E-state index in [4.69, 9.17) is 9.47 Å². The first-order valence-corrected chi connectivity index (χ1v) is 5.85. The molecule has 0 radical (unpaired) electrons. The highest BCUT2D eigenvalue weighted by atomic mass is 19.1. The summed E-state index contributed by atoms with van der Waals surface area (Å²) in [5.41, 5.74) is 0. The predicted molar refractivity (Wildman–Crippen MR) is 58.1 cm³/mol. The number of hydrogen-bond donors (Lipinski definition) is 1. The molecule has 1 saturated heterocycles. The van der Waals surface area contributed by atoms with Crippen LogP contribution >= 0.6 is 0 Å². The average molecular weight is 233 g/mol. The number of hydrogen-bond acceptors (Lipinski definition) is 3. The molecule has 1 N–H and O–H groups in total. The van der Waals surface area contributed by atoms with Crippen LogP contribution in [0, 0.1) is 0 Å². The van der Waals surface area contributed by atoms with Crippen molar-refractivity contribution in [1.82, 2.24) is 5.32 Å². The van der Waals surface area contributed by atoms with Gasteiger partial charge in [-0.25, -0.2) is 9.18 Å². The highest BCUT2D eigenvalue weighted by Crippen LogP contribution is 2.19. The van der Waals surface area contributed by atoms with Crippen molar-refractivity contribution in [3.05, 3.63) is 0 Å². The van der Waals surface area contributed by atoms with E-state index in [0.29, 0.717) is 6.54 Å². The minimum Gasteiger partial charge on any atom is -0.441 e. The second kappa shape index (κ2) is 6.68. The number of unbranched alkanes of at least 4 members (excludes halogenated alkanes) is 2. The standard InChI is InChI=1S/C11H20FNO3/c1-3-4-5-6-13-11(14)16-9-7-15-8(2)10(9)12/h8-10H,3-7H2,1-2H3,(H,13,14)/t8-,9-,10+/m1/s1. The van der Waals surface area contributed by atoms with Gasteiger partial charge in [0.1, 0.15) is 0 Å². The Morgan fingerprint density at radius 3 is 2.88 bits per heavy atom. The molecule has 0 bridgehead atoms. The molecule has 4 nitrogen and oxygen atoms in total. The van der Waals surface area contributed by atoms with Gasteiger partial charge in [-0.1, -0.05) is 19.8 Å². The van der Waals surface area contributed by atoms with Crippen molar-refractivity contribution >= 4 is 6.09 Å². The van der Waals surface area contributed by atoms with Crippen molar-refractivity contribution in [2.45, 2.75) is 51.5 Å². The third kappa shape index (κ3) is 3.96. The smallest absolute Gasteiger partial charge is 0.407 e. The van der Waals surface area contributed by atoms with Crippen LogP contribution in [0.5, 0.6) is 0 Å². The molecule has 0 unspecified atom stereocenters. The third-order valence-electron chi connectivity index (χ3n) is 2.64. The molecular formula is C11H20FNO3. The number of alkyl carbamates (subject to hydrolysis) is 1. The number of amides is 1. The fourth-order valence-corrected chi connectivity index (χ4v) is 1.58. The largest absolute Gasteiger partial charge is 0.441 e. The van der Waals surface area contributed by atoms with Crippen molar-refractivity contribution in [2.24, 2.45) is 0 Å². The topological polar surface area (TPSA) is 47.6 Å². The molecule has 0 aromatic rings. The Bertz CT molecular complexity index is 225. The summed E-state index contributed by atoms with van der Waals surface area (Å²) in [5, 5.41) is 2.60. The summed E-state index contributed by atoms with van der Waals surface area (Å²) in [7, 11) is 0. The third-order valence-corrected chi connectivity index (χ3v) is 2.64. The summed E-state index contributed by atoms with van der Waals surface area (Å²) in [4.78, 5) is 11.3. The number of halogens is 1. The Labute approximate surface area is 95.5 Å². The molecule has 0 aromatic heterocycles. The summed E-state index contributed by atoms with van der Waals surface area (Å²) in [5.74, 6) is 0. The first-order valence-electron chi connectivity index (χ1n) is 5.85. The lowest BCUT2D eigenvalue weighted by atomic mass is 10.2. The zero-order chi connectivity index (χ0) is 12.0. The van der Waals surface area contributed by atoms with Gasteiger partial charge >= 0.3 is 6.09 Å². The first-order chi connectivity index (χ1) is 7.65. The van der Waals surface area contributed by atoms with E-state index < -0.39 is 24.5 Å². The molecule has 1 fully saturated rings. The number of ether oxygens (including phenoxy) is 2. The second-order valence-electron chi connectivity index (χ2n) is 4.06. The van der Waals surface area contributed by atoms with Crippen LogP contribution in [0.3, 0.4) is 0 Å². The monoisotopic (exact) mass is 233 g/mol.